The summed E-state index contributed by atoms with van der Waals surface area (Å²) >= 11 is 0. The largest absolute Gasteiger partial charge is 0.475 e. The predicted molar refractivity (Wildman–Crippen MR) is 63.8 cm³/mol. The second kappa shape index (κ2) is 4.89. The van der Waals surface area contributed by atoms with Crippen molar-refractivity contribution in [1.29, 1.82) is 0 Å². The number of amides is 2. The van der Waals surface area contributed by atoms with Crippen LogP contribution < -0.4 is 10.2 Å². The lowest BCUT2D eigenvalue weighted by molar-refractivity contribution is -0.131. The molecule has 7 heteroatoms. The third-order valence-corrected chi connectivity index (χ3v) is 2.65. The summed E-state index contributed by atoms with van der Waals surface area (Å²) in [5, 5.41) is 11.0. The van der Waals surface area contributed by atoms with Gasteiger partial charge in [0.1, 0.15) is 6.54 Å². The molecular weight excluding hydrogens is 252 g/mol. The number of hydrogen-bond donors (Lipinski definition) is 2. The Morgan fingerprint density at radius 1 is 1.26 bits per heavy atom. The zero-order valence-corrected chi connectivity index (χ0v) is 9.75. The molecule has 1 aromatic carbocycles. The van der Waals surface area contributed by atoms with Gasteiger partial charge in [0.25, 0.3) is 5.78 Å². The van der Waals surface area contributed by atoms with Crippen LogP contribution in [0, 0.1) is 0 Å². The predicted octanol–water partition coefficient (Wildman–Crippen LogP) is -0.583. The van der Waals surface area contributed by atoms with Crippen LogP contribution in [0.4, 0.5) is 5.69 Å². The molecule has 1 aliphatic heterocycles. The second-order valence-electron chi connectivity index (χ2n) is 3.94. The molecule has 1 saturated heterocycles. The molecule has 0 atom stereocenters. The van der Waals surface area contributed by atoms with Crippen molar-refractivity contribution in [3.8, 4) is 0 Å². The first-order valence-corrected chi connectivity index (χ1v) is 5.44. The minimum atomic E-state index is -1.57. The van der Waals surface area contributed by atoms with Crippen LogP contribution in [0.1, 0.15) is 10.4 Å². The number of nitrogens with zero attached hydrogens (tertiary/aromatic N) is 1. The number of hydrogen-bond acceptors (Lipinski definition) is 4. The van der Waals surface area contributed by atoms with Crippen molar-refractivity contribution >= 4 is 29.3 Å². The number of carboxylic acids is 1. The Morgan fingerprint density at radius 3 is 2.68 bits per heavy atom. The number of carbonyl (C=O) groups is 4. The Balaban J connectivity index is 2.32. The number of benzene rings is 1. The number of carboxylic acid groups (broad SMARTS) is 1. The summed E-state index contributed by atoms with van der Waals surface area (Å²) in [6, 6.07) is 5.63. The van der Waals surface area contributed by atoms with E-state index in [0.29, 0.717) is 5.69 Å². The normalized spacial score (nSPS) is 15.1. The van der Waals surface area contributed by atoms with Crippen molar-refractivity contribution in [1.82, 2.24) is 5.32 Å². The molecular formula is C12H10N2O5. The van der Waals surface area contributed by atoms with Gasteiger partial charge < -0.3 is 15.3 Å². The third-order valence-electron chi connectivity index (χ3n) is 2.65. The van der Waals surface area contributed by atoms with Gasteiger partial charge in [-0.25, -0.2) is 4.79 Å². The van der Waals surface area contributed by atoms with Crippen LogP contribution in [0.3, 0.4) is 0 Å². The van der Waals surface area contributed by atoms with E-state index in [1.807, 2.05) is 0 Å². The lowest BCUT2D eigenvalue weighted by Crippen LogP contribution is -2.51. The molecule has 1 aliphatic rings. The maximum atomic E-state index is 11.7. The maximum Gasteiger partial charge on any atom is 0.377 e. The Kier molecular flexibility index (Phi) is 3.28. The molecule has 2 N–H and O–H groups in total. The summed E-state index contributed by atoms with van der Waals surface area (Å²) < 4.78 is 0. The molecule has 1 aromatic rings. The lowest BCUT2D eigenvalue weighted by Gasteiger charge is -2.26. The van der Waals surface area contributed by atoms with Gasteiger partial charge in [-0.05, 0) is 12.1 Å². The topological polar surface area (TPSA) is 104 Å². The van der Waals surface area contributed by atoms with Gasteiger partial charge >= 0.3 is 5.97 Å². The molecule has 7 nitrogen and oxygen atoms in total. The summed E-state index contributed by atoms with van der Waals surface area (Å²) in [7, 11) is 0. The smallest absolute Gasteiger partial charge is 0.377 e. The van der Waals surface area contributed by atoms with E-state index in [-0.39, 0.29) is 30.5 Å². The lowest BCUT2D eigenvalue weighted by atomic mass is 10.1. The zero-order chi connectivity index (χ0) is 14.0. The van der Waals surface area contributed by atoms with Gasteiger partial charge in [-0.2, -0.15) is 0 Å². The summed E-state index contributed by atoms with van der Waals surface area (Å²) in [4.78, 5) is 46.1. The number of rotatable bonds is 3. The summed E-state index contributed by atoms with van der Waals surface area (Å²) in [6.45, 7) is -0.264. The number of Topliss-reactive ketones (excluding diaryl/α,β-unsaturated/α-hetero) is 1. The van der Waals surface area contributed by atoms with Crippen molar-refractivity contribution in [3.63, 3.8) is 0 Å². The first-order valence-electron chi connectivity index (χ1n) is 5.44. The highest BCUT2D eigenvalue weighted by Crippen LogP contribution is 2.18. The van der Waals surface area contributed by atoms with E-state index in [4.69, 9.17) is 5.11 Å². The van der Waals surface area contributed by atoms with Gasteiger partial charge in [0.15, 0.2) is 0 Å². The first kappa shape index (κ1) is 12.7. The number of ketones is 1. The van der Waals surface area contributed by atoms with Crippen molar-refractivity contribution in [2.24, 2.45) is 0 Å². The first-order chi connectivity index (χ1) is 8.99. The molecule has 0 unspecified atom stereocenters. The number of carbonyl (C=O) groups excluding carboxylic acids is 3. The van der Waals surface area contributed by atoms with Crippen molar-refractivity contribution < 1.29 is 24.3 Å². The van der Waals surface area contributed by atoms with Crippen LogP contribution in [-0.4, -0.2) is 41.8 Å². The van der Waals surface area contributed by atoms with Crippen molar-refractivity contribution in [2.45, 2.75) is 0 Å². The average Bonchev–Trinajstić information content (AvgIpc) is 2.40. The molecule has 0 saturated carbocycles. The van der Waals surface area contributed by atoms with Gasteiger partial charge in [0.05, 0.1) is 6.54 Å². The van der Waals surface area contributed by atoms with Crippen molar-refractivity contribution in [3.05, 3.63) is 29.8 Å². The van der Waals surface area contributed by atoms with Crippen LogP contribution >= 0.6 is 0 Å². The number of anilines is 1. The minimum absolute atomic E-state index is 0.0382. The fourth-order valence-corrected chi connectivity index (χ4v) is 1.73. The van der Waals surface area contributed by atoms with E-state index in [9.17, 15) is 19.2 Å². The average molecular weight is 262 g/mol. The fraction of sp³-hybridized carbons (Fsp3) is 0.167. The summed E-state index contributed by atoms with van der Waals surface area (Å²) in [5.41, 5.74) is 0.288. The molecule has 2 amide bonds. The van der Waals surface area contributed by atoms with Crippen LogP contribution in [-0.2, 0) is 14.4 Å². The maximum absolute atomic E-state index is 11.7. The van der Waals surface area contributed by atoms with Gasteiger partial charge in [0, 0.05) is 11.3 Å². The number of nitrogens with one attached hydrogen (secondary N) is 1. The Bertz CT molecular complexity index is 581. The minimum Gasteiger partial charge on any atom is -0.475 e. The molecule has 0 radical (unpaired) electrons. The highest BCUT2D eigenvalue weighted by molar-refractivity contribution is 6.40. The quantitative estimate of drug-likeness (QED) is 0.560. The Hall–Kier alpha value is -2.70. The van der Waals surface area contributed by atoms with E-state index in [2.05, 4.69) is 5.32 Å². The summed E-state index contributed by atoms with van der Waals surface area (Å²) in [5.74, 6) is -3.26. The zero-order valence-electron chi connectivity index (χ0n) is 9.75. The molecule has 1 fully saturated rings. The SMILES string of the molecule is O=C1CN(c2cccc(C(=O)C(=O)O)c2)C(=O)CN1. The van der Waals surface area contributed by atoms with E-state index < -0.39 is 11.8 Å². The molecule has 98 valence electrons. The monoisotopic (exact) mass is 262 g/mol. The van der Waals surface area contributed by atoms with Gasteiger partial charge in [-0.1, -0.05) is 12.1 Å². The standard InChI is InChI=1S/C12H10N2O5/c15-9-6-14(10(16)5-13-9)8-3-1-2-7(4-8)11(17)12(18)19/h1-4H,5-6H2,(H,13,15)(H,18,19). The van der Waals surface area contributed by atoms with E-state index in [1.165, 1.54) is 29.2 Å². The molecule has 0 bridgehead atoms. The molecule has 0 aromatic heterocycles. The second-order valence-corrected chi connectivity index (χ2v) is 3.94. The molecule has 2 rings (SSSR count). The Labute approximate surface area is 107 Å². The molecule has 0 aliphatic carbocycles. The highest BCUT2D eigenvalue weighted by atomic mass is 16.4. The molecule has 0 spiro atoms. The van der Waals surface area contributed by atoms with E-state index in [1.54, 1.807) is 0 Å². The van der Waals surface area contributed by atoms with Gasteiger partial charge in [-0.3, -0.25) is 14.4 Å². The third kappa shape index (κ3) is 2.59. The number of aliphatic carboxylic acids is 1. The van der Waals surface area contributed by atoms with Gasteiger partial charge in [-0.15, -0.1) is 0 Å². The van der Waals surface area contributed by atoms with Crippen LogP contribution in [0.5, 0.6) is 0 Å². The summed E-state index contributed by atoms with van der Waals surface area (Å²) in [6.07, 6.45) is 0. The number of piperazine rings is 1. The van der Waals surface area contributed by atoms with E-state index >= 15 is 0 Å². The van der Waals surface area contributed by atoms with Crippen LogP contribution in [0.25, 0.3) is 0 Å². The molecule has 19 heavy (non-hydrogen) atoms. The molecule has 1 heterocycles. The van der Waals surface area contributed by atoms with Gasteiger partial charge in [0.2, 0.25) is 11.8 Å². The fourth-order valence-electron chi connectivity index (χ4n) is 1.73. The van der Waals surface area contributed by atoms with Crippen LogP contribution in [0.15, 0.2) is 24.3 Å². The van der Waals surface area contributed by atoms with E-state index in [0.717, 1.165) is 0 Å². The highest BCUT2D eigenvalue weighted by Gasteiger charge is 2.25. The van der Waals surface area contributed by atoms with Crippen molar-refractivity contribution in [2.75, 3.05) is 18.0 Å². The van der Waals surface area contributed by atoms with Crippen LogP contribution in [0.2, 0.25) is 0 Å². The Morgan fingerprint density at radius 2 is 2.00 bits per heavy atom.